The maximum atomic E-state index is 4.33. The highest BCUT2D eigenvalue weighted by Gasteiger charge is 2.12. The Kier molecular flexibility index (Phi) is 8.08. The fraction of sp³-hybridized carbons (Fsp3) is 0.500. The molecule has 130 valence electrons. The van der Waals surface area contributed by atoms with Crippen molar-refractivity contribution in [1.82, 2.24) is 0 Å². The Morgan fingerprint density at radius 3 is 2.62 bits per heavy atom. The van der Waals surface area contributed by atoms with Crippen molar-refractivity contribution in [2.45, 2.75) is 65.2 Å². The molecule has 0 bridgehead atoms. The van der Waals surface area contributed by atoms with Crippen LogP contribution < -0.4 is 0 Å². The normalized spacial score (nSPS) is 18.2. The second-order valence-corrected chi connectivity index (χ2v) is 7.44. The van der Waals surface area contributed by atoms with Crippen LogP contribution in [-0.4, -0.2) is 0 Å². The summed E-state index contributed by atoms with van der Waals surface area (Å²) in [6.45, 7) is 9.01. The highest BCUT2D eigenvalue weighted by molar-refractivity contribution is 5.30. The van der Waals surface area contributed by atoms with E-state index < -0.39 is 0 Å². The van der Waals surface area contributed by atoms with E-state index in [1.807, 2.05) is 0 Å². The molecule has 0 nitrogen and oxygen atoms in total. The molecule has 1 aromatic carbocycles. The Bertz CT molecular complexity index is 547. The summed E-state index contributed by atoms with van der Waals surface area (Å²) in [5.41, 5.74) is 4.23. The number of benzene rings is 1. The Labute approximate surface area is 149 Å². The third-order valence-corrected chi connectivity index (χ3v) is 5.17. The fourth-order valence-corrected chi connectivity index (χ4v) is 3.60. The van der Waals surface area contributed by atoms with Crippen LogP contribution in [0.3, 0.4) is 0 Å². The van der Waals surface area contributed by atoms with Gasteiger partial charge in [-0.1, -0.05) is 106 Å². The zero-order valence-corrected chi connectivity index (χ0v) is 15.6. The van der Waals surface area contributed by atoms with Gasteiger partial charge in [-0.3, -0.25) is 0 Å². The molecular weight excluding hydrogens is 288 g/mol. The van der Waals surface area contributed by atoms with Crippen LogP contribution in [0.5, 0.6) is 0 Å². The monoisotopic (exact) mass is 322 g/mol. The van der Waals surface area contributed by atoms with Crippen molar-refractivity contribution >= 4 is 0 Å². The minimum Gasteiger partial charge on any atom is -0.0989 e. The molecule has 2 atom stereocenters. The van der Waals surface area contributed by atoms with E-state index in [4.69, 9.17) is 0 Å². The van der Waals surface area contributed by atoms with Crippen molar-refractivity contribution in [3.8, 4) is 0 Å². The lowest BCUT2D eigenvalue weighted by molar-refractivity contribution is 0.461. The molecule has 1 aliphatic carbocycles. The van der Waals surface area contributed by atoms with Gasteiger partial charge in [0.2, 0.25) is 0 Å². The number of unbranched alkanes of at least 4 members (excludes halogenated alkanes) is 1. The summed E-state index contributed by atoms with van der Waals surface area (Å²) in [6.07, 6.45) is 17.3. The molecule has 0 amide bonds. The van der Waals surface area contributed by atoms with E-state index in [0.717, 1.165) is 18.8 Å². The highest BCUT2D eigenvalue weighted by Crippen LogP contribution is 2.27. The molecule has 2 unspecified atom stereocenters. The molecule has 0 saturated carbocycles. The summed E-state index contributed by atoms with van der Waals surface area (Å²) in [7, 11) is 0. The number of hydrogen-bond acceptors (Lipinski definition) is 0. The van der Waals surface area contributed by atoms with Crippen LogP contribution in [0.2, 0.25) is 0 Å². The first kappa shape index (κ1) is 18.8. The predicted octanol–water partition coefficient (Wildman–Crippen LogP) is 7.28. The van der Waals surface area contributed by atoms with Gasteiger partial charge in [-0.2, -0.15) is 0 Å². The summed E-state index contributed by atoms with van der Waals surface area (Å²) in [5.74, 6) is 1.41. The van der Waals surface area contributed by atoms with Gasteiger partial charge in [0.25, 0.3) is 0 Å². The summed E-state index contributed by atoms with van der Waals surface area (Å²) >= 11 is 0. The van der Waals surface area contributed by atoms with E-state index in [2.05, 4.69) is 69.0 Å². The molecule has 24 heavy (non-hydrogen) atoms. The zero-order chi connectivity index (χ0) is 17.2. The molecule has 0 saturated heterocycles. The van der Waals surface area contributed by atoms with Crippen LogP contribution in [-0.2, 0) is 6.42 Å². The van der Waals surface area contributed by atoms with Crippen LogP contribution in [0.4, 0.5) is 0 Å². The van der Waals surface area contributed by atoms with E-state index in [-0.39, 0.29) is 0 Å². The van der Waals surface area contributed by atoms with Gasteiger partial charge in [0.15, 0.2) is 0 Å². The highest BCUT2D eigenvalue weighted by atomic mass is 14.2. The SMILES string of the molecule is C=C(Cc1ccccc1)C1C=CC(CCCCC(C)CCC)=CC1. The van der Waals surface area contributed by atoms with Gasteiger partial charge in [-0.05, 0) is 37.2 Å². The van der Waals surface area contributed by atoms with E-state index in [9.17, 15) is 0 Å². The molecule has 0 heteroatoms. The van der Waals surface area contributed by atoms with Crippen molar-refractivity contribution in [2.24, 2.45) is 11.8 Å². The van der Waals surface area contributed by atoms with E-state index in [0.29, 0.717) is 5.92 Å². The van der Waals surface area contributed by atoms with Crippen molar-refractivity contribution in [1.29, 1.82) is 0 Å². The van der Waals surface area contributed by atoms with Crippen LogP contribution in [0.25, 0.3) is 0 Å². The first-order valence-corrected chi connectivity index (χ1v) is 9.78. The predicted molar refractivity (Wildman–Crippen MR) is 107 cm³/mol. The Hall–Kier alpha value is -1.56. The first-order valence-electron chi connectivity index (χ1n) is 9.78. The second-order valence-electron chi connectivity index (χ2n) is 7.44. The number of hydrogen-bond donors (Lipinski definition) is 0. The van der Waals surface area contributed by atoms with Gasteiger partial charge in [0, 0.05) is 5.92 Å². The summed E-state index contributed by atoms with van der Waals surface area (Å²) in [6, 6.07) is 10.7. The van der Waals surface area contributed by atoms with Crippen molar-refractivity contribution in [3.05, 3.63) is 71.8 Å². The van der Waals surface area contributed by atoms with Gasteiger partial charge >= 0.3 is 0 Å². The maximum Gasteiger partial charge on any atom is 0.00153 e. The minimum atomic E-state index is 0.513. The molecule has 1 aromatic rings. The van der Waals surface area contributed by atoms with E-state index >= 15 is 0 Å². The van der Waals surface area contributed by atoms with Gasteiger partial charge < -0.3 is 0 Å². The summed E-state index contributed by atoms with van der Waals surface area (Å²) in [5, 5.41) is 0. The lowest BCUT2D eigenvalue weighted by Gasteiger charge is -2.19. The molecule has 2 rings (SSSR count). The maximum absolute atomic E-state index is 4.33. The quantitative estimate of drug-likeness (QED) is 0.313. The van der Waals surface area contributed by atoms with Gasteiger partial charge in [-0.25, -0.2) is 0 Å². The second kappa shape index (κ2) is 10.3. The molecule has 0 N–H and O–H groups in total. The molecule has 0 aromatic heterocycles. The molecule has 0 spiro atoms. The molecule has 0 radical (unpaired) electrons. The fourth-order valence-electron chi connectivity index (χ4n) is 3.60. The topological polar surface area (TPSA) is 0 Å². The average Bonchev–Trinajstić information content (AvgIpc) is 2.60. The smallest absolute Gasteiger partial charge is 0.00153 e. The van der Waals surface area contributed by atoms with Crippen molar-refractivity contribution < 1.29 is 0 Å². The van der Waals surface area contributed by atoms with Gasteiger partial charge in [0.05, 0.1) is 0 Å². The molecule has 0 heterocycles. The standard InChI is InChI=1S/C24H34/c1-4-10-20(2)11-8-9-12-22-15-17-24(18-16-22)21(3)19-23-13-6-5-7-14-23/h5-7,13-17,20,24H,3-4,8-12,18-19H2,1-2H3. The zero-order valence-electron chi connectivity index (χ0n) is 15.6. The lowest BCUT2D eigenvalue weighted by atomic mass is 9.86. The lowest BCUT2D eigenvalue weighted by Crippen LogP contribution is -2.05. The molecule has 1 aliphatic rings. The summed E-state index contributed by atoms with van der Waals surface area (Å²) < 4.78 is 0. The van der Waals surface area contributed by atoms with Crippen molar-refractivity contribution in [2.75, 3.05) is 0 Å². The van der Waals surface area contributed by atoms with E-state index in [1.54, 1.807) is 0 Å². The molecular formula is C24H34. The third kappa shape index (κ3) is 6.51. The average molecular weight is 323 g/mol. The Morgan fingerprint density at radius 2 is 1.96 bits per heavy atom. The molecule has 0 fully saturated rings. The van der Waals surface area contributed by atoms with Gasteiger partial charge in [-0.15, -0.1) is 0 Å². The molecule has 0 aliphatic heterocycles. The van der Waals surface area contributed by atoms with Gasteiger partial charge in [0.1, 0.15) is 0 Å². The Balaban J connectivity index is 1.68. The van der Waals surface area contributed by atoms with E-state index in [1.165, 1.54) is 55.2 Å². The number of allylic oxidation sites excluding steroid dienone is 5. The van der Waals surface area contributed by atoms with Crippen LogP contribution in [0.1, 0.15) is 64.4 Å². The number of rotatable bonds is 10. The van der Waals surface area contributed by atoms with Crippen LogP contribution >= 0.6 is 0 Å². The first-order chi connectivity index (χ1) is 11.7. The van der Waals surface area contributed by atoms with Crippen LogP contribution in [0, 0.1) is 11.8 Å². The van der Waals surface area contributed by atoms with Crippen molar-refractivity contribution in [3.63, 3.8) is 0 Å². The Morgan fingerprint density at radius 1 is 1.17 bits per heavy atom. The minimum absolute atomic E-state index is 0.513. The largest absolute Gasteiger partial charge is 0.0989 e. The van der Waals surface area contributed by atoms with Crippen LogP contribution in [0.15, 0.2) is 66.3 Å². The third-order valence-electron chi connectivity index (χ3n) is 5.17. The summed E-state index contributed by atoms with van der Waals surface area (Å²) in [4.78, 5) is 0.